The molecule has 0 amide bonds. The maximum Gasteiger partial charge on any atom is 0.271 e. The third kappa shape index (κ3) is 4.35. The number of nitrogens with zero attached hydrogens (tertiary/aromatic N) is 2. The van der Waals surface area contributed by atoms with E-state index in [1.807, 2.05) is 35.0 Å². The SMILES string of the molecule is COc1ccc([N+](=O)[O-])cc1S(=O)(=O)N(Cc1cccs1)Cc1cccs1. The Kier molecular flexibility index (Phi) is 5.90. The number of sulfonamides is 1. The number of non-ortho nitro benzene ring substituents is 1. The highest BCUT2D eigenvalue weighted by atomic mass is 32.2. The zero-order chi connectivity index (χ0) is 19.4. The molecule has 0 N–H and O–H groups in total. The van der Waals surface area contributed by atoms with Gasteiger partial charge in [0.05, 0.1) is 12.0 Å². The fraction of sp³-hybridized carbons (Fsp3) is 0.176. The lowest BCUT2D eigenvalue weighted by Gasteiger charge is -2.22. The van der Waals surface area contributed by atoms with Gasteiger partial charge in [-0.1, -0.05) is 12.1 Å². The number of benzene rings is 1. The third-order valence-electron chi connectivity index (χ3n) is 3.80. The topological polar surface area (TPSA) is 89.7 Å². The fourth-order valence-corrected chi connectivity index (χ4v) is 5.67. The van der Waals surface area contributed by atoms with Gasteiger partial charge in [-0.25, -0.2) is 8.42 Å². The van der Waals surface area contributed by atoms with Crippen LogP contribution in [0.1, 0.15) is 9.75 Å². The fourth-order valence-electron chi connectivity index (χ4n) is 2.50. The summed E-state index contributed by atoms with van der Waals surface area (Å²) in [5, 5.41) is 14.9. The van der Waals surface area contributed by atoms with E-state index < -0.39 is 14.9 Å². The largest absolute Gasteiger partial charge is 0.495 e. The number of hydrogen-bond donors (Lipinski definition) is 0. The maximum atomic E-state index is 13.4. The van der Waals surface area contributed by atoms with E-state index in [2.05, 4.69) is 0 Å². The van der Waals surface area contributed by atoms with Crippen LogP contribution in [-0.4, -0.2) is 24.8 Å². The molecule has 0 fully saturated rings. The highest BCUT2D eigenvalue weighted by Crippen LogP contribution is 2.32. The summed E-state index contributed by atoms with van der Waals surface area (Å²) in [6.45, 7) is 0.341. The molecule has 0 atom stereocenters. The van der Waals surface area contributed by atoms with Crippen molar-refractivity contribution >= 4 is 38.4 Å². The zero-order valence-corrected chi connectivity index (χ0v) is 16.7. The highest BCUT2D eigenvalue weighted by Gasteiger charge is 2.30. The molecule has 3 aromatic rings. The Hall–Kier alpha value is -2.27. The van der Waals surface area contributed by atoms with Gasteiger partial charge in [-0.3, -0.25) is 10.1 Å². The minimum absolute atomic E-state index is 0.0722. The van der Waals surface area contributed by atoms with Crippen molar-refractivity contribution in [3.63, 3.8) is 0 Å². The Bertz CT molecular complexity index is 979. The Morgan fingerprint density at radius 2 is 1.67 bits per heavy atom. The van der Waals surface area contributed by atoms with E-state index in [-0.39, 0.29) is 29.4 Å². The second kappa shape index (κ2) is 8.17. The van der Waals surface area contributed by atoms with Crippen molar-refractivity contribution in [1.29, 1.82) is 0 Å². The van der Waals surface area contributed by atoms with Crippen LogP contribution in [0.3, 0.4) is 0 Å². The molecular weight excluding hydrogens is 408 g/mol. The van der Waals surface area contributed by atoms with Crippen molar-refractivity contribution in [1.82, 2.24) is 4.31 Å². The molecular formula is C17H16N2O5S3. The molecule has 0 bridgehead atoms. The second-order valence-electron chi connectivity index (χ2n) is 5.52. The van der Waals surface area contributed by atoms with Gasteiger partial charge in [0.15, 0.2) is 0 Å². The van der Waals surface area contributed by atoms with Gasteiger partial charge in [0, 0.05) is 35.0 Å². The number of thiophene rings is 2. The van der Waals surface area contributed by atoms with Crippen LogP contribution in [0.2, 0.25) is 0 Å². The molecule has 10 heteroatoms. The summed E-state index contributed by atoms with van der Waals surface area (Å²) in [5.41, 5.74) is -0.304. The van der Waals surface area contributed by atoms with Crippen LogP contribution in [0.25, 0.3) is 0 Å². The lowest BCUT2D eigenvalue weighted by molar-refractivity contribution is -0.385. The van der Waals surface area contributed by atoms with E-state index in [1.165, 1.54) is 46.2 Å². The molecule has 0 radical (unpaired) electrons. The summed E-state index contributed by atoms with van der Waals surface area (Å²) in [4.78, 5) is 12.0. The number of nitro groups is 1. The van der Waals surface area contributed by atoms with Crippen molar-refractivity contribution in [3.8, 4) is 5.75 Å². The van der Waals surface area contributed by atoms with Gasteiger partial charge in [0.25, 0.3) is 5.69 Å². The predicted octanol–water partition coefficient (Wildman–Crippen LogP) is 4.12. The molecule has 0 aliphatic carbocycles. The molecule has 142 valence electrons. The monoisotopic (exact) mass is 424 g/mol. The first-order chi connectivity index (χ1) is 12.9. The van der Waals surface area contributed by atoms with Crippen LogP contribution in [0.5, 0.6) is 5.75 Å². The van der Waals surface area contributed by atoms with Gasteiger partial charge >= 0.3 is 0 Å². The number of methoxy groups -OCH3 is 1. The van der Waals surface area contributed by atoms with Gasteiger partial charge in [-0.05, 0) is 29.0 Å². The van der Waals surface area contributed by atoms with Crippen molar-refractivity contribution in [2.75, 3.05) is 7.11 Å². The van der Waals surface area contributed by atoms with Crippen LogP contribution < -0.4 is 4.74 Å². The van der Waals surface area contributed by atoms with Gasteiger partial charge in [-0.2, -0.15) is 4.31 Å². The second-order valence-corrected chi connectivity index (χ2v) is 9.49. The quantitative estimate of drug-likeness (QED) is 0.401. The van der Waals surface area contributed by atoms with Crippen LogP contribution >= 0.6 is 22.7 Å². The summed E-state index contributed by atoms with van der Waals surface area (Å²) in [7, 11) is -2.70. The zero-order valence-electron chi connectivity index (χ0n) is 14.3. The maximum absolute atomic E-state index is 13.4. The lowest BCUT2D eigenvalue weighted by atomic mass is 10.3. The smallest absolute Gasteiger partial charge is 0.271 e. The van der Waals surface area contributed by atoms with Crippen molar-refractivity contribution in [2.24, 2.45) is 0 Å². The summed E-state index contributed by atoms with van der Waals surface area (Å²) < 4.78 is 33.2. The number of ether oxygens (including phenoxy) is 1. The average Bonchev–Trinajstić information content (AvgIpc) is 3.34. The Morgan fingerprint density at radius 3 is 2.11 bits per heavy atom. The standard InChI is InChI=1S/C17H16N2O5S3/c1-24-16-7-6-13(19(20)21)10-17(16)27(22,23)18(11-14-4-2-8-25-14)12-15-5-3-9-26-15/h2-10H,11-12H2,1H3. The van der Waals surface area contributed by atoms with Gasteiger partial charge in [0.2, 0.25) is 10.0 Å². The van der Waals surface area contributed by atoms with Gasteiger partial charge in [0.1, 0.15) is 10.6 Å². The molecule has 27 heavy (non-hydrogen) atoms. The van der Waals surface area contributed by atoms with Gasteiger partial charge < -0.3 is 4.74 Å². The average molecular weight is 425 g/mol. The minimum atomic E-state index is -4.03. The van der Waals surface area contributed by atoms with E-state index in [1.54, 1.807) is 0 Å². The summed E-state index contributed by atoms with van der Waals surface area (Å²) in [5.74, 6) is 0.0722. The van der Waals surface area contributed by atoms with Crippen LogP contribution in [0.4, 0.5) is 5.69 Å². The summed E-state index contributed by atoms with van der Waals surface area (Å²) >= 11 is 2.90. The van der Waals surface area contributed by atoms with E-state index >= 15 is 0 Å². The Balaban J connectivity index is 2.06. The first-order valence-electron chi connectivity index (χ1n) is 7.79. The highest BCUT2D eigenvalue weighted by molar-refractivity contribution is 7.89. The molecule has 2 aromatic heterocycles. The Morgan fingerprint density at radius 1 is 1.07 bits per heavy atom. The molecule has 0 saturated carbocycles. The molecule has 0 aliphatic heterocycles. The van der Waals surface area contributed by atoms with E-state index in [0.29, 0.717) is 0 Å². The Labute approximate surface area is 164 Å². The van der Waals surface area contributed by atoms with Crippen LogP contribution in [-0.2, 0) is 23.1 Å². The van der Waals surface area contributed by atoms with Crippen molar-refractivity contribution in [3.05, 3.63) is 73.1 Å². The number of rotatable bonds is 8. The first kappa shape index (κ1) is 19.5. The number of nitro benzene ring substituents is 1. The van der Waals surface area contributed by atoms with E-state index in [0.717, 1.165) is 15.8 Å². The molecule has 0 unspecified atom stereocenters. The molecule has 0 saturated heterocycles. The predicted molar refractivity (Wildman–Crippen MR) is 105 cm³/mol. The van der Waals surface area contributed by atoms with Crippen molar-refractivity contribution < 1.29 is 18.1 Å². The van der Waals surface area contributed by atoms with E-state index in [9.17, 15) is 18.5 Å². The minimum Gasteiger partial charge on any atom is -0.495 e. The molecule has 0 aliphatic rings. The summed E-state index contributed by atoms with van der Waals surface area (Å²) in [6.07, 6.45) is 0. The normalized spacial score (nSPS) is 11.6. The molecule has 3 rings (SSSR count). The van der Waals surface area contributed by atoms with Crippen LogP contribution in [0.15, 0.2) is 58.1 Å². The first-order valence-corrected chi connectivity index (χ1v) is 11.0. The van der Waals surface area contributed by atoms with Crippen molar-refractivity contribution in [2.45, 2.75) is 18.0 Å². The van der Waals surface area contributed by atoms with Crippen LogP contribution in [0, 0.1) is 10.1 Å². The molecule has 1 aromatic carbocycles. The summed E-state index contributed by atoms with van der Waals surface area (Å²) in [6, 6.07) is 11.0. The van der Waals surface area contributed by atoms with Gasteiger partial charge in [-0.15, -0.1) is 22.7 Å². The third-order valence-corrected chi connectivity index (χ3v) is 7.34. The molecule has 0 spiro atoms. The lowest BCUT2D eigenvalue weighted by Crippen LogP contribution is -2.30. The number of hydrogen-bond acceptors (Lipinski definition) is 7. The van der Waals surface area contributed by atoms with E-state index in [4.69, 9.17) is 4.74 Å². The molecule has 2 heterocycles. The molecule has 7 nitrogen and oxygen atoms in total.